The monoisotopic (exact) mass is 459 g/mol. The summed E-state index contributed by atoms with van der Waals surface area (Å²) in [6, 6.07) is 18.5. The SMILES string of the molecule is CC1CCN(C(C)COc2ccc(C3C(c4ccc(O)cc4)=Cc4c3ccc(O)c4F)cc2)C1. The molecule has 34 heavy (non-hydrogen) atoms. The summed E-state index contributed by atoms with van der Waals surface area (Å²) in [4.78, 5) is 2.48. The Morgan fingerprint density at radius 3 is 2.44 bits per heavy atom. The molecule has 5 rings (SSSR count). The molecule has 5 heteroatoms. The highest BCUT2D eigenvalue weighted by Gasteiger charge is 2.31. The van der Waals surface area contributed by atoms with Gasteiger partial charge < -0.3 is 14.9 Å². The number of ether oxygens (including phenoxy) is 1. The predicted molar refractivity (Wildman–Crippen MR) is 133 cm³/mol. The van der Waals surface area contributed by atoms with Crippen LogP contribution < -0.4 is 4.74 Å². The number of phenols is 2. The van der Waals surface area contributed by atoms with Crippen LogP contribution in [0.5, 0.6) is 17.2 Å². The van der Waals surface area contributed by atoms with Crippen LogP contribution in [0.25, 0.3) is 11.6 Å². The van der Waals surface area contributed by atoms with E-state index in [1.54, 1.807) is 24.3 Å². The molecule has 0 spiro atoms. The van der Waals surface area contributed by atoms with Crippen LogP contribution in [-0.4, -0.2) is 40.9 Å². The van der Waals surface area contributed by atoms with Crippen LogP contribution in [-0.2, 0) is 0 Å². The fraction of sp³-hybridized carbons (Fsp3) is 0.310. The molecule has 1 heterocycles. The Morgan fingerprint density at radius 1 is 1.03 bits per heavy atom. The molecule has 2 N–H and O–H groups in total. The van der Waals surface area contributed by atoms with Crippen LogP contribution in [0.4, 0.5) is 4.39 Å². The standard InChI is InChI=1S/C29H30FNO3/c1-18-13-14-31(16-18)19(2)17-34-23-9-5-21(6-10-23)28-24-11-12-27(33)29(30)26(24)15-25(28)20-3-7-22(32)8-4-20/h3-12,15,18-19,28,32-33H,13-14,16-17H2,1-2H3. The molecule has 2 aliphatic rings. The lowest BCUT2D eigenvalue weighted by molar-refractivity contribution is 0.169. The van der Waals surface area contributed by atoms with E-state index in [0.29, 0.717) is 18.2 Å². The van der Waals surface area contributed by atoms with Gasteiger partial charge in [-0.1, -0.05) is 37.3 Å². The van der Waals surface area contributed by atoms with Gasteiger partial charge in [-0.25, -0.2) is 4.39 Å². The summed E-state index contributed by atoms with van der Waals surface area (Å²) in [6.45, 7) is 7.40. The number of nitrogens with zero attached hydrogens (tertiary/aromatic N) is 1. The maximum atomic E-state index is 14.8. The molecule has 176 valence electrons. The van der Waals surface area contributed by atoms with Gasteiger partial charge in [0.2, 0.25) is 0 Å². The molecule has 1 aliphatic heterocycles. The van der Waals surface area contributed by atoms with Crippen molar-refractivity contribution in [3.8, 4) is 17.2 Å². The van der Waals surface area contributed by atoms with Crippen molar-refractivity contribution in [3.05, 3.63) is 88.7 Å². The van der Waals surface area contributed by atoms with Crippen molar-refractivity contribution in [1.29, 1.82) is 0 Å². The fourth-order valence-electron chi connectivity index (χ4n) is 5.11. The first-order valence-electron chi connectivity index (χ1n) is 11.9. The van der Waals surface area contributed by atoms with E-state index < -0.39 is 5.82 Å². The van der Waals surface area contributed by atoms with E-state index in [1.807, 2.05) is 36.4 Å². The molecule has 4 nitrogen and oxygen atoms in total. The predicted octanol–water partition coefficient (Wildman–Crippen LogP) is 6.03. The second kappa shape index (κ2) is 9.15. The highest BCUT2D eigenvalue weighted by atomic mass is 19.1. The Bertz CT molecular complexity index is 1200. The lowest BCUT2D eigenvalue weighted by atomic mass is 9.85. The maximum absolute atomic E-state index is 14.8. The van der Waals surface area contributed by atoms with Gasteiger partial charge in [-0.05, 0) is 84.5 Å². The molecule has 0 aromatic heterocycles. The lowest BCUT2D eigenvalue weighted by Gasteiger charge is -2.24. The summed E-state index contributed by atoms with van der Waals surface area (Å²) in [5, 5.41) is 19.6. The van der Waals surface area contributed by atoms with Crippen LogP contribution in [0.1, 0.15) is 48.4 Å². The number of phenolic OH excluding ortho intramolecular Hbond substituents is 2. The average Bonchev–Trinajstić information content (AvgIpc) is 3.45. The van der Waals surface area contributed by atoms with E-state index >= 15 is 0 Å². The van der Waals surface area contributed by atoms with E-state index in [2.05, 4.69) is 18.7 Å². The summed E-state index contributed by atoms with van der Waals surface area (Å²) < 4.78 is 20.9. The van der Waals surface area contributed by atoms with Crippen LogP contribution in [0, 0.1) is 11.7 Å². The third-order valence-corrected chi connectivity index (χ3v) is 7.10. The van der Waals surface area contributed by atoms with Gasteiger partial charge in [0.15, 0.2) is 11.6 Å². The highest BCUT2D eigenvalue weighted by Crippen LogP contribution is 2.48. The van der Waals surface area contributed by atoms with E-state index in [-0.39, 0.29) is 17.4 Å². The molecule has 3 aromatic carbocycles. The number of hydrogen-bond donors (Lipinski definition) is 2. The Morgan fingerprint density at radius 2 is 1.76 bits per heavy atom. The first kappa shape index (κ1) is 22.5. The summed E-state index contributed by atoms with van der Waals surface area (Å²) in [5.41, 5.74) is 4.04. The largest absolute Gasteiger partial charge is 0.508 e. The van der Waals surface area contributed by atoms with Crippen molar-refractivity contribution >= 4 is 11.6 Å². The Hall–Kier alpha value is -3.31. The molecule has 1 fully saturated rings. The molecule has 0 bridgehead atoms. The van der Waals surface area contributed by atoms with Gasteiger partial charge in [0, 0.05) is 24.1 Å². The molecule has 3 aromatic rings. The van der Waals surface area contributed by atoms with E-state index in [1.165, 1.54) is 12.5 Å². The lowest BCUT2D eigenvalue weighted by Crippen LogP contribution is -2.35. The van der Waals surface area contributed by atoms with Crippen molar-refractivity contribution in [2.45, 2.75) is 32.2 Å². The minimum Gasteiger partial charge on any atom is -0.508 e. The molecule has 1 saturated heterocycles. The van der Waals surface area contributed by atoms with Gasteiger partial charge in [0.25, 0.3) is 0 Å². The van der Waals surface area contributed by atoms with Gasteiger partial charge in [0.1, 0.15) is 18.1 Å². The number of rotatable bonds is 6. The molecule has 0 radical (unpaired) electrons. The first-order valence-corrected chi connectivity index (χ1v) is 11.9. The maximum Gasteiger partial charge on any atom is 0.172 e. The van der Waals surface area contributed by atoms with Gasteiger partial charge >= 0.3 is 0 Å². The number of benzene rings is 3. The number of allylic oxidation sites excluding steroid dienone is 1. The Balaban J connectivity index is 1.39. The minimum absolute atomic E-state index is 0.180. The van der Waals surface area contributed by atoms with Gasteiger partial charge in [-0.15, -0.1) is 0 Å². The molecule has 3 atom stereocenters. The number of fused-ring (bicyclic) bond motifs is 1. The number of hydrogen-bond acceptors (Lipinski definition) is 4. The van der Waals surface area contributed by atoms with Crippen LogP contribution in [0.2, 0.25) is 0 Å². The van der Waals surface area contributed by atoms with Crippen molar-refractivity contribution in [2.24, 2.45) is 5.92 Å². The van der Waals surface area contributed by atoms with Crippen molar-refractivity contribution in [1.82, 2.24) is 4.90 Å². The zero-order valence-electron chi connectivity index (χ0n) is 19.5. The first-order chi connectivity index (χ1) is 16.4. The molecule has 0 saturated carbocycles. The minimum atomic E-state index is -0.610. The highest BCUT2D eigenvalue weighted by molar-refractivity contribution is 5.94. The summed E-state index contributed by atoms with van der Waals surface area (Å²) >= 11 is 0. The van der Waals surface area contributed by atoms with Gasteiger partial charge in [-0.3, -0.25) is 4.90 Å². The second-order valence-electron chi connectivity index (χ2n) is 9.60. The third kappa shape index (κ3) is 4.28. The van der Waals surface area contributed by atoms with E-state index in [4.69, 9.17) is 4.74 Å². The normalized spacial score (nSPS) is 20.7. The summed E-state index contributed by atoms with van der Waals surface area (Å²) in [7, 11) is 0. The Labute approximate surface area is 199 Å². The average molecular weight is 460 g/mol. The van der Waals surface area contributed by atoms with Crippen LogP contribution in [0.15, 0.2) is 60.7 Å². The topological polar surface area (TPSA) is 52.9 Å². The summed E-state index contributed by atoms with van der Waals surface area (Å²) in [5.74, 6) is 0.590. The zero-order chi connectivity index (χ0) is 23.8. The molecular weight excluding hydrogens is 429 g/mol. The van der Waals surface area contributed by atoms with Crippen molar-refractivity contribution in [3.63, 3.8) is 0 Å². The number of aromatic hydroxyl groups is 2. The zero-order valence-corrected chi connectivity index (χ0v) is 19.5. The Kier molecular flexibility index (Phi) is 6.05. The van der Waals surface area contributed by atoms with Gasteiger partial charge in [-0.2, -0.15) is 0 Å². The number of likely N-dealkylation sites (tertiary alicyclic amines) is 1. The molecular formula is C29H30FNO3. The second-order valence-corrected chi connectivity index (χ2v) is 9.60. The third-order valence-electron chi connectivity index (χ3n) is 7.10. The number of halogens is 1. The molecule has 1 aliphatic carbocycles. The molecule has 3 unspecified atom stereocenters. The smallest absolute Gasteiger partial charge is 0.172 e. The molecule has 0 amide bonds. The van der Waals surface area contributed by atoms with Crippen molar-refractivity contribution < 1.29 is 19.3 Å². The van der Waals surface area contributed by atoms with Crippen LogP contribution >= 0.6 is 0 Å². The van der Waals surface area contributed by atoms with Crippen LogP contribution in [0.3, 0.4) is 0 Å². The summed E-state index contributed by atoms with van der Waals surface area (Å²) in [6.07, 6.45) is 3.04. The quantitative estimate of drug-likeness (QED) is 0.472. The fourth-order valence-corrected chi connectivity index (χ4v) is 5.11. The van der Waals surface area contributed by atoms with E-state index in [0.717, 1.165) is 47.0 Å². The van der Waals surface area contributed by atoms with E-state index in [9.17, 15) is 14.6 Å². The van der Waals surface area contributed by atoms with Gasteiger partial charge in [0.05, 0.1) is 0 Å². The van der Waals surface area contributed by atoms with Crippen molar-refractivity contribution in [2.75, 3.05) is 19.7 Å².